The lowest BCUT2D eigenvalue weighted by Crippen LogP contribution is -2.49. The molecule has 0 saturated carbocycles. The maximum atomic E-state index is 11.9. The highest BCUT2D eigenvalue weighted by Crippen LogP contribution is 2.17. The van der Waals surface area contributed by atoms with E-state index in [9.17, 15) is 23.2 Å². The Kier molecular flexibility index (Phi) is 8.30. The fourth-order valence-corrected chi connectivity index (χ4v) is 3.42. The number of piperidine rings is 1. The Morgan fingerprint density at radius 3 is 2.57 bits per heavy atom. The van der Waals surface area contributed by atoms with Gasteiger partial charge in [-0.25, -0.2) is 14.8 Å². The molecule has 1 aliphatic rings. The summed E-state index contributed by atoms with van der Waals surface area (Å²) in [5.41, 5.74) is 4.01. The highest BCUT2D eigenvalue weighted by Gasteiger charge is 2.38. The summed E-state index contributed by atoms with van der Waals surface area (Å²) in [4.78, 5) is 25.4. The van der Waals surface area contributed by atoms with Crippen LogP contribution in [0, 0.1) is 6.92 Å². The molecule has 3 N–H and O–H groups in total. The molecule has 1 saturated heterocycles. The van der Waals surface area contributed by atoms with E-state index >= 15 is 0 Å². The van der Waals surface area contributed by atoms with Crippen molar-refractivity contribution in [2.24, 2.45) is 0 Å². The van der Waals surface area contributed by atoms with Crippen LogP contribution in [0.4, 0.5) is 13.2 Å². The Bertz CT molecular complexity index is 1160. The average molecular weight is 494 g/mol. The van der Waals surface area contributed by atoms with Crippen molar-refractivity contribution in [3.8, 4) is 5.75 Å². The number of imidazole rings is 1. The van der Waals surface area contributed by atoms with Crippen LogP contribution in [0.15, 0.2) is 48.8 Å². The van der Waals surface area contributed by atoms with Crippen molar-refractivity contribution >= 4 is 17.5 Å². The van der Waals surface area contributed by atoms with Crippen LogP contribution in [0.2, 0.25) is 0 Å². The first-order chi connectivity index (χ1) is 16.5. The molecule has 188 valence electrons. The molecule has 1 atom stereocenters. The van der Waals surface area contributed by atoms with E-state index < -0.39 is 12.1 Å². The summed E-state index contributed by atoms with van der Waals surface area (Å²) < 4.78 is 39.6. The first-order valence-corrected chi connectivity index (χ1v) is 10.7. The molecule has 3 heterocycles. The minimum absolute atomic E-state index is 0.256. The number of alkyl halides is 3. The number of carboxylic acid groups (broad SMARTS) is 1. The molecule has 1 fully saturated rings. The number of hydroxylamine groups is 2. The van der Waals surface area contributed by atoms with Crippen LogP contribution in [0.3, 0.4) is 0 Å². The highest BCUT2D eigenvalue weighted by atomic mass is 19.4. The van der Waals surface area contributed by atoms with Crippen LogP contribution in [-0.4, -0.2) is 55.4 Å². The number of aliphatic carboxylic acids is 1. The van der Waals surface area contributed by atoms with Gasteiger partial charge in [0.1, 0.15) is 18.0 Å². The summed E-state index contributed by atoms with van der Waals surface area (Å²) in [5, 5.41) is 20.7. The van der Waals surface area contributed by atoms with Gasteiger partial charge in [-0.05, 0) is 49.1 Å². The van der Waals surface area contributed by atoms with E-state index in [-0.39, 0.29) is 11.9 Å². The maximum Gasteiger partial charge on any atom is 0.490 e. The Morgan fingerprint density at radius 1 is 1.26 bits per heavy atom. The van der Waals surface area contributed by atoms with Gasteiger partial charge in [0.25, 0.3) is 5.91 Å². The second kappa shape index (κ2) is 11.2. The summed E-state index contributed by atoms with van der Waals surface area (Å²) in [6.45, 7) is 3.42. The predicted molar refractivity (Wildman–Crippen MR) is 118 cm³/mol. The number of aromatic nitrogens is 2. The number of hydrogen-bond donors (Lipinski definition) is 3. The number of rotatable bonds is 6. The number of halogens is 3. The number of carboxylic acids is 1. The van der Waals surface area contributed by atoms with Crippen molar-refractivity contribution < 1.29 is 37.8 Å². The molecule has 1 aromatic carbocycles. The minimum atomic E-state index is -5.08. The van der Waals surface area contributed by atoms with Gasteiger partial charge in [0, 0.05) is 25.5 Å². The monoisotopic (exact) mass is 494 g/mol. The molecule has 1 amide bonds. The van der Waals surface area contributed by atoms with E-state index in [0.717, 1.165) is 46.1 Å². The molecular weight excluding hydrogens is 469 g/mol. The Hall–Kier alpha value is -3.64. The Balaban J connectivity index is 0.000000429. The van der Waals surface area contributed by atoms with Crippen LogP contribution in [0.1, 0.15) is 29.7 Å². The van der Waals surface area contributed by atoms with E-state index in [1.165, 1.54) is 0 Å². The summed E-state index contributed by atoms with van der Waals surface area (Å²) in [6.07, 6.45) is 0.421. The van der Waals surface area contributed by atoms with Crippen molar-refractivity contribution in [3.63, 3.8) is 0 Å². The molecule has 3 aromatic rings. The van der Waals surface area contributed by atoms with Gasteiger partial charge in [-0.1, -0.05) is 18.2 Å². The van der Waals surface area contributed by atoms with Gasteiger partial charge in [0.05, 0.1) is 11.7 Å². The minimum Gasteiger partial charge on any atom is -0.487 e. The predicted octanol–water partition coefficient (Wildman–Crippen LogP) is 3.32. The zero-order chi connectivity index (χ0) is 25.6. The van der Waals surface area contributed by atoms with Crippen LogP contribution < -0.4 is 10.1 Å². The number of nitrogens with zero attached hydrogens (tertiary/aromatic N) is 3. The normalized spacial score (nSPS) is 16.1. The standard InChI is InChI=1S/C21H24N4O3.C2HF3O2/c1-15-4-2-10-24-13-17(23-20(15)24)14-28-18-8-6-16(7-9-18)12-22-19-5-3-11-25(27)21(19)26;3-2(4,5)1(6)7/h2,4,6-10,13,19,22,27H,3,5,11-12,14H2,1H3;(H,6,7). The number of ether oxygens (including phenoxy) is 1. The largest absolute Gasteiger partial charge is 0.490 e. The molecule has 0 spiro atoms. The smallest absolute Gasteiger partial charge is 0.487 e. The summed E-state index contributed by atoms with van der Waals surface area (Å²) in [6, 6.07) is 11.5. The second-order valence-electron chi connectivity index (χ2n) is 7.93. The van der Waals surface area contributed by atoms with Gasteiger partial charge in [-0.2, -0.15) is 13.2 Å². The van der Waals surface area contributed by atoms with Crippen LogP contribution >= 0.6 is 0 Å². The Labute approximate surface area is 198 Å². The van der Waals surface area contributed by atoms with E-state index in [4.69, 9.17) is 14.6 Å². The number of carbonyl (C=O) groups excluding carboxylic acids is 1. The summed E-state index contributed by atoms with van der Waals surface area (Å²) in [7, 11) is 0. The summed E-state index contributed by atoms with van der Waals surface area (Å²) in [5.74, 6) is -2.24. The molecule has 0 radical (unpaired) electrons. The highest BCUT2D eigenvalue weighted by molar-refractivity contribution is 5.81. The van der Waals surface area contributed by atoms with E-state index in [1.807, 2.05) is 60.1 Å². The third kappa shape index (κ3) is 7.17. The van der Waals surface area contributed by atoms with Crippen molar-refractivity contribution in [3.05, 3.63) is 65.6 Å². The number of carbonyl (C=O) groups is 2. The van der Waals surface area contributed by atoms with E-state index in [1.54, 1.807) is 0 Å². The topological polar surface area (TPSA) is 116 Å². The first-order valence-electron chi connectivity index (χ1n) is 10.7. The third-order valence-corrected chi connectivity index (χ3v) is 5.25. The molecule has 4 rings (SSSR count). The van der Waals surface area contributed by atoms with Crippen molar-refractivity contribution in [1.29, 1.82) is 0 Å². The lowest BCUT2D eigenvalue weighted by atomic mass is 10.1. The number of aryl methyl sites for hydroxylation is 1. The molecular formula is C23H25F3N4O5. The van der Waals surface area contributed by atoms with Crippen LogP contribution in [0.25, 0.3) is 5.65 Å². The van der Waals surface area contributed by atoms with Crippen LogP contribution in [-0.2, 0) is 22.7 Å². The lowest BCUT2D eigenvalue weighted by molar-refractivity contribution is -0.192. The van der Waals surface area contributed by atoms with E-state index in [0.29, 0.717) is 19.7 Å². The number of benzene rings is 1. The molecule has 1 aliphatic heterocycles. The summed E-state index contributed by atoms with van der Waals surface area (Å²) >= 11 is 0. The molecule has 0 bridgehead atoms. The van der Waals surface area contributed by atoms with Gasteiger partial charge >= 0.3 is 12.1 Å². The Morgan fingerprint density at radius 2 is 1.94 bits per heavy atom. The van der Waals surface area contributed by atoms with Gasteiger partial charge in [-0.15, -0.1) is 0 Å². The molecule has 0 aliphatic carbocycles. The van der Waals surface area contributed by atoms with Crippen molar-refractivity contribution in [2.75, 3.05) is 6.54 Å². The zero-order valence-electron chi connectivity index (χ0n) is 18.8. The molecule has 35 heavy (non-hydrogen) atoms. The number of pyridine rings is 1. The molecule has 12 heteroatoms. The van der Waals surface area contributed by atoms with Gasteiger partial charge < -0.3 is 19.6 Å². The van der Waals surface area contributed by atoms with Crippen LogP contribution in [0.5, 0.6) is 5.75 Å². The fourth-order valence-electron chi connectivity index (χ4n) is 3.42. The lowest BCUT2D eigenvalue weighted by Gasteiger charge is -2.28. The number of fused-ring (bicyclic) bond motifs is 1. The second-order valence-corrected chi connectivity index (χ2v) is 7.93. The van der Waals surface area contributed by atoms with E-state index in [2.05, 4.69) is 10.3 Å². The SMILES string of the molecule is Cc1cccn2cc(COc3ccc(CNC4CCCN(O)C4=O)cc3)nc12.O=C(O)C(F)(F)F. The van der Waals surface area contributed by atoms with Gasteiger partial charge in [0.2, 0.25) is 0 Å². The van der Waals surface area contributed by atoms with Gasteiger partial charge in [-0.3, -0.25) is 10.0 Å². The third-order valence-electron chi connectivity index (χ3n) is 5.25. The zero-order valence-corrected chi connectivity index (χ0v) is 18.8. The maximum absolute atomic E-state index is 11.9. The number of hydrogen-bond acceptors (Lipinski definition) is 6. The van der Waals surface area contributed by atoms with Crippen molar-refractivity contribution in [2.45, 2.75) is 45.1 Å². The molecule has 9 nitrogen and oxygen atoms in total. The average Bonchev–Trinajstić information content (AvgIpc) is 3.24. The fraction of sp³-hybridized carbons (Fsp3) is 0.348. The quantitative estimate of drug-likeness (QED) is 0.450. The number of nitrogens with one attached hydrogen (secondary N) is 1. The molecule has 1 unspecified atom stereocenters. The number of amides is 1. The first kappa shape index (κ1) is 26.0. The van der Waals surface area contributed by atoms with Crippen molar-refractivity contribution in [1.82, 2.24) is 19.8 Å². The molecule has 2 aromatic heterocycles. The van der Waals surface area contributed by atoms with Gasteiger partial charge in [0.15, 0.2) is 0 Å².